The summed E-state index contributed by atoms with van der Waals surface area (Å²) in [6, 6.07) is 3.96. The van der Waals surface area contributed by atoms with Gasteiger partial charge in [-0.05, 0) is 43.7 Å². The highest BCUT2D eigenvalue weighted by molar-refractivity contribution is 5.77. The van der Waals surface area contributed by atoms with Gasteiger partial charge in [0.05, 0.1) is 0 Å². The van der Waals surface area contributed by atoms with Crippen LogP contribution in [-0.2, 0) is 11.2 Å². The highest BCUT2D eigenvalue weighted by Gasteiger charge is 2.50. The number of pyridine rings is 1. The zero-order valence-electron chi connectivity index (χ0n) is 12.3. The molecule has 0 bridgehead atoms. The molecule has 20 heavy (non-hydrogen) atoms. The smallest absolute Gasteiger partial charge is 0.223 e. The van der Waals surface area contributed by atoms with Crippen molar-refractivity contribution in [3.63, 3.8) is 0 Å². The predicted molar refractivity (Wildman–Crippen MR) is 78.2 cm³/mol. The summed E-state index contributed by atoms with van der Waals surface area (Å²) < 4.78 is 0. The molecule has 0 radical (unpaired) electrons. The van der Waals surface area contributed by atoms with E-state index in [9.17, 15) is 4.79 Å². The van der Waals surface area contributed by atoms with Crippen molar-refractivity contribution < 1.29 is 4.79 Å². The van der Waals surface area contributed by atoms with Crippen molar-refractivity contribution in [2.75, 3.05) is 19.6 Å². The van der Waals surface area contributed by atoms with Crippen LogP contribution in [0.2, 0.25) is 0 Å². The van der Waals surface area contributed by atoms with E-state index in [1.165, 1.54) is 0 Å². The molecule has 1 N–H and O–H groups in total. The highest BCUT2D eigenvalue weighted by atomic mass is 16.2. The molecule has 0 saturated carbocycles. The summed E-state index contributed by atoms with van der Waals surface area (Å²) in [7, 11) is 0. The Morgan fingerprint density at radius 3 is 3.05 bits per heavy atom. The van der Waals surface area contributed by atoms with Gasteiger partial charge in [0.15, 0.2) is 0 Å². The van der Waals surface area contributed by atoms with Crippen molar-refractivity contribution in [3.8, 4) is 0 Å². The first kappa shape index (κ1) is 13.6. The number of rotatable bonds is 3. The summed E-state index contributed by atoms with van der Waals surface area (Å²) in [5.74, 6) is 1.52. The largest absolute Gasteiger partial charge is 0.337 e. The molecule has 1 amide bonds. The van der Waals surface area contributed by atoms with Crippen LogP contribution in [-0.4, -0.2) is 41.0 Å². The van der Waals surface area contributed by atoms with E-state index in [1.54, 1.807) is 6.20 Å². The number of amides is 1. The molecule has 0 aromatic carbocycles. The van der Waals surface area contributed by atoms with E-state index in [0.717, 1.165) is 31.6 Å². The van der Waals surface area contributed by atoms with Gasteiger partial charge in [-0.25, -0.2) is 0 Å². The van der Waals surface area contributed by atoms with Crippen LogP contribution < -0.4 is 5.32 Å². The molecule has 108 valence electrons. The normalized spacial score (nSPS) is 27.6. The summed E-state index contributed by atoms with van der Waals surface area (Å²) in [5, 5.41) is 3.45. The van der Waals surface area contributed by atoms with Crippen LogP contribution in [0.3, 0.4) is 0 Å². The number of carbonyl (C=O) groups excluding carboxylic acids is 1. The number of hydrogen-bond acceptors (Lipinski definition) is 3. The lowest BCUT2D eigenvalue weighted by atomic mass is 9.85. The number of aromatic nitrogens is 1. The van der Waals surface area contributed by atoms with Crippen LogP contribution in [0.1, 0.15) is 25.8 Å². The van der Waals surface area contributed by atoms with E-state index in [-0.39, 0.29) is 11.4 Å². The van der Waals surface area contributed by atoms with Gasteiger partial charge in [-0.15, -0.1) is 0 Å². The fraction of sp³-hybridized carbons (Fsp3) is 0.625. The Bertz CT molecular complexity index is 486. The van der Waals surface area contributed by atoms with Gasteiger partial charge in [-0.2, -0.15) is 0 Å². The van der Waals surface area contributed by atoms with Crippen molar-refractivity contribution in [1.29, 1.82) is 0 Å². The lowest BCUT2D eigenvalue weighted by Crippen LogP contribution is -2.47. The molecule has 2 aliphatic heterocycles. The van der Waals surface area contributed by atoms with E-state index < -0.39 is 0 Å². The average Bonchev–Trinajstić information content (AvgIpc) is 3.00. The topological polar surface area (TPSA) is 45.2 Å². The first-order chi connectivity index (χ1) is 9.59. The minimum Gasteiger partial charge on any atom is -0.337 e. The molecular formula is C16H23N3O. The molecule has 2 saturated heterocycles. The predicted octanol–water partition coefficient (Wildman–Crippen LogP) is 1.47. The first-order valence-corrected chi connectivity index (χ1v) is 7.49. The number of nitrogens with one attached hydrogen (secondary N) is 1. The molecule has 3 rings (SSSR count). The quantitative estimate of drug-likeness (QED) is 0.907. The van der Waals surface area contributed by atoms with Crippen molar-refractivity contribution in [2.45, 2.75) is 32.2 Å². The molecule has 1 aromatic rings. The lowest BCUT2D eigenvalue weighted by molar-refractivity contribution is -0.135. The molecule has 0 spiro atoms. The minimum atomic E-state index is -0.0137. The van der Waals surface area contributed by atoms with Crippen LogP contribution in [0.5, 0.6) is 0 Å². The molecule has 2 fully saturated rings. The number of hydrogen-bond donors (Lipinski definition) is 1. The number of likely N-dealkylation sites (tertiary alicyclic amines) is 1. The number of nitrogens with zero attached hydrogens (tertiary/aromatic N) is 2. The molecule has 4 heteroatoms. The van der Waals surface area contributed by atoms with Crippen molar-refractivity contribution in [3.05, 3.63) is 30.1 Å². The van der Waals surface area contributed by atoms with Gasteiger partial charge < -0.3 is 10.2 Å². The second-order valence-electron chi connectivity index (χ2n) is 6.54. The van der Waals surface area contributed by atoms with Gasteiger partial charge in [0.2, 0.25) is 5.91 Å². The molecular weight excluding hydrogens is 250 g/mol. The van der Waals surface area contributed by atoms with Gasteiger partial charge in [-0.1, -0.05) is 6.07 Å². The molecule has 2 unspecified atom stereocenters. The number of carbonyl (C=O) groups is 1. The summed E-state index contributed by atoms with van der Waals surface area (Å²) in [6.07, 6.45) is 4.99. The molecule has 2 aliphatic rings. The summed E-state index contributed by atoms with van der Waals surface area (Å²) in [4.78, 5) is 18.8. The molecule has 3 heterocycles. The Morgan fingerprint density at radius 2 is 2.35 bits per heavy atom. The minimum absolute atomic E-state index is 0.0137. The van der Waals surface area contributed by atoms with Gasteiger partial charge >= 0.3 is 0 Å². The Kier molecular flexibility index (Phi) is 3.50. The number of aryl methyl sites for hydroxylation is 1. The SMILES string of the molecule is CC1(C)C2CNCC2CN1C(=O)CCc1cccnc1. The lowest BCUT2D eigenvalue weighted by Gasteiger charge is -2.35. The summed E-state index contributed by atoms with van der Waals surface area (Å²) in [5.41, 5.74) is 1.12. The Labute approximate surface area is 120 Å². The van der Waals surface area contributed by atoms with Crippen LogP contribution in [0.25, 0.3) is 0 Å². The third kappa shape index (κ3) is 2.33. The fourth-order valence-electron chi connectivity index (χ4n) is 3.78. The Hall–Kier alpha value is -1.42. The van der Waals surface area contributed by atoms with Crippen LogP contribution >= 0.6 is 0 Å². The van der Waals surface area contributed by atoms with Crippen molar-refractivity contribution in [2.24, 2.45) is 11.8 Å². The van der Waals surface area contributed by atoms with Crippen molar-refractivity contribution >= 4 is 5.91 Å². The maximum absolute atomic E-state index is 12.6. The summed E-state index contributed by atoms with van der Waals surface area (Å²) >= 11 is 0. The van der Waals surface area contributed by atoms with Gasteiger partial charge in [0, 0.05) is 44.0 Å². The van der Waals surface area contributed by atoms with Gasteiger partial charge in [0.1, 0.15) is 0 Å². The first-order valence-electron chi connectivity index (χ1n) is 7.49. The van der Waals surface area contributed by atoms with Gasteiger partial charge in [0.25, 0.3) is 0 Å². The monoisotopic (exact) mass is 273 g/mol. The Morgan fingerprint density at radius 1 is 1.50 bits per heavy atom. The second-order valence-corrected chi connectivity index (χ2v) is 6.54. The second kappa shape index (κ2) is 5.17. The van der Waals surface area contributed by atoms with Crippen LogP contribution in [0, 0.1) is 11.8 Å². The highest BCUT2D eigenvalue weighted by Crippen LogP contribution is 2.40. The fourth-order valence-corrected chi connectivity index (χ4v) is 3.78. The van der Waals surface area contributed by atoms with E-state index in [4.69, 9.17) is 0 Å². The number of fused-ring (bicyclic) bond motifs is 1. The van der Waals surface area contributed by atoms with E-state index in [0.29, 0.717) is 18.3 Å². The van der Waals surface area contributed by atoms with Crippen molar-refractivity contribution in [1.82, 2.24) is 15.2 Å². The third-order valence-electron chi connectivity index (χ3n) is 5.01. The van der Waals surface area contributed by atoms with Crippen LogP contribution in [0.4, 0.5) is 0 Å². The zero-order valence-corrected chi connectivity index (χ0v) is 12.3. The van der Waals surface area contributed by atoms with E-state index in [1.807, 2.05) is 18.3 Å². The molecule has 0 aliphatic carbocycles. The molecule has 2 atom stereocenters. The summed E-state index contributed by atoms with van der Waals surface area (Å²) in [6.45, 7) is 7.44. The Balaban J connectivity index is 1.63. The standard InChI is InChI=1S/C16H23N3O/c1-16(2)14-10-18-9-13(14)11-19(16)15(20)6-5-12-4-3-7-17-8-12/h3-4,7-8,13-14,18H,5-6,9-11H2,1-2H3. The maximum atomic E-state index is 12.6. The average molecular weight is 273 g/mol. The van der Waals surface area contributed by atoms with Gasteiger partial charge in [-0.3, -0.25) is 9.78 Å². The zero-order chi connectivity index (χ0) is 14.2. The van der Waals surface area contributed by atoms with E-state index >= 15 is 0 Å². The van der Waals surface area contributed by atoms with Crippen LogP contribution in [0.15, 0.2) is 24.5 Å². The molecule has 1 aromatic heterocycles. The third-order valence-corrected chi connectivity index (χ3v) is 5.01. The maximum Gasteiger partial charge on any atom is 0.223 e. The van der Waals surface area contributed by atoms with E-state index in [2.05, 4.69) is 29.0 Å². The molecule has 4 nitrogen and oxygen atoms in total.